The Morgan fingerprint density at radius 2 is 1.79 bits per heavy atom. The molecule has 0 radical (unpaired) electrons. The standard InChI is InChI=1S/C24H28N4O/c1-18-9-11-21(12-10-18)23-24(28-16-13-19(2)17-22(28)26-23)27(20(3)29)15-8-6-5-7-14-25-4/h9-13,16-17H,5-8,14-15H2,1-3H3. The first-order chi connectivity index (χ1) is 14.0. The van der Waals surface area contributed by atoms with Crippen LogP contribution in [0, 0.1) is 20.4 Å². The Balaban J connectivity index is 1.97. The lowest BCUT2D eigenvalue weighted by Gasteiger charge is -2.22. The molecule has 2 heterocycles. The maximum atomic E-state index is 12.6. The summed E-state index contributed by atoms with van der Waals surface area (Å²) in [6, 6.07) is 12.4. The number of carbonyl (C=O) groups is 1. The SMILES string of the molecule is [C-]#[N+]CCCCCCN(C(C)=O)c1c(-c2ccc(C)cc2)nc2cc(C)ccn12. The van der Waals surface area contributed by atoms with Crippen LogP contribution < -0.4 is 4.90 Å². The average molecular weight is 389 g/mol. The lowest BCUT2D eigenvalue weighted by atomic mass is 10.1. The predicted molar refractivity (Wildman–Crippen MR) is 118 cm³/mol. The number of carbonyl (C=O) groups excluding carboxylic acids is 1. The second-order valence-electron chi connectivity index (χ2n) is 7.55. The summed E-state index contributed by atoms with van der Waals surface area (Å²) in [5, 5.41) is 0. The number of fused-ring (bicyclic) bond motifs is 1. The lowest BCUT2D eigenvalue weighted by Crippen LogP contribution is -2.31. The van der Waals surface area contributed by atoms with Crippen LogP contribution in [-0.2, 0) is 4.79 Å². The molecule has 1 amide bonds. The molecule has 29 heavy (non-hydrogen) atoms. The second kappa shape index (κ2) is 9.38. The molecule has 0 fully saturated rings. The number of unbranched alkanes of at least 4 members (excludes halogenated alkanes) is 3. The Morgan fingerprint density at radius 3 is 2.48 bits per heavy atom. The van der Waals surface area contributed by atoms with Gasteiger partial charge in [-0.25, -0.2) is 11.6 Å². The van der Waals surface area contributed by atoms with Gasteiger partial charge in [0.1, 0.15) is 17.2 Å². The third kappa shape index (κ3) is 4.83. The largest absolute Gasteiger partial charge is 0.317 e. The molecule has 0 N–H and O–H groups in total. The van der Waals surface area contributed by atoms with Crippen molar-refractivity contribution < 1.29 is 4.79 Å². The summed E-state index contributed by atoms with van der Waals surface area (Å²) < 4.78 is 2.02. The molecule has 3 rings (SSSR count). The van der Waals surface area contributed by atoms with Gasteiger partial charge in [-0.1, -0.05) is 36.2 Å². The normalized spacial score (nSPS) is 10.8. The van der Waals surface area contributed by atoms with Gasteiger partial charge in [0.15, 0.2) is 0 Å². The van der Waals surface area contributed by atoms with E-state index in [-0.39, 0.29) is 5.91 Å². The van der Waals surface area contributed by atoms with Gasteiger partial charge in [-0.15, -0.1) is 0 Å². The first kappa shape index (κ1) is 20.6. The minimum Gasteiger partial charge on any atom is -0.317 e. The molecule has 5 heteroatoms. The van der Waals surface area contributed by atoms with Crippen molar-refractivity contribution in [2.75, 3.05) is 18.0 Å². The van der Waals surface area contributed by atoms with Crippen molar-refractivity contribution in [1.29, 1.82) is 0 Å². The van der Waals surface area contributed by atoms with Crippen molar-refractivity contribution in [1.82, 2.24) is 9.38 Å². The van der Waals surface area contributed by atoms with E-state index in [2.05, 4.69) is 36.0 Å². The van der Waals surface area contributed by atoms with Gasteiger partial charge in [0.05, 0.1) is 0 Å². The van der Waals surface area contributed by atoms with Gasteiger partial charge in [0.2, 0.25) is 12.5 Å². The average Bonchev–Trinajstić information content (AvgIpc) is 3.06. The minimum absolute atomic E-state index is 0.0156. The van der Waals surface area contributed by atoms with Crippen molar-refractivity contribution in [3.05, 3.63) is 65.1 Å². The molecule has 0 unspecified atom stereocenters. The van der Waals surface area contributed by atoms with Crippen LogP contribution in [0.4, 0.5) is 5.82 Å². The number of hydrogen-bond acceptors (Lipinski definition) is 2. The van der Waals surface area contributed by atoms with Gasteiger partial charge in [-0.2, -0.15) is 0 Å². The minimum atomic E-state index is 0.0156. The Labute approximate surface area is 172 Å². The molecular formula is C24H28N4O. The number of nitrogens with zero attached hydrogens (tertiary/aromatic N) is 4. The number of imidazole rings is 1. The van der Waals surface area contributed by atoms with E-state index in [4.69, 9.17) is 11.6 Å². The number of pyridine rings is 1. The molecular weight excluding hydrogens is 360 g/mol. The molecule has 3 aromatic rings. The van der Waals surface area contributed by atoms with Gasteiger partial charge < -0.3 is 4.85 Å². The maximum absolute atomic E-state index is 12.6. The summed E-state index contributed by atoms with van der Waals surface area (Å²) in [6.45, 7) is 13.8. The highest BCUT2D eigenvalue weighted by Gasteiger charge is 2.22. The fourth-order valence-corrected chi connectivity index (χ4v) is 3.52. The molecule has 0 atom stereocenters. The zero-order valence-corrected chi connectivity index (χ0v) is 17.5. The van der Waals surface area contributed by atoms with Crippen LogP contribution in [0.3, 0.4) is 0 Å². The van der Waals surface area contributed by atoms with Crippen molar-refractivity contribution >= 4 is 17.4 Å². The fourth-order valence-electron chi connectivity index (χ4n) is 3.52. The van der Waals surface area contributed by atoms with Gasteiger partial charge in [0.25, 0.3) is 0 Å². The van der Waals surface area contributed by atoms with Crippen molar-refractivity contribution in [3.8, 4) is 11.3 Å². The highest BCUT2D eigenvalue weighted by Crippen LogP contribution is 2.32. The van der Waals surface area contributed by atoms with E-state index in [0.29, 0.717) is 13.1 Å². The summed E-state index contributed by atoms with van der Waals surface area (Å²) in [7, 11) is 0. The van der Waals surface area contributed by atoms with Gasteiger partial charge >= 0.3 is 0 Å². The van der Waals surface area contributed by atoms with E-state index in [1.54, 1.807) is 6.92 Å². The van der Waals surface area contributed by atoms with E-state index in [0.717, 1.165) is 54.0 Å². The van der Waals surface area contributed by atoms with E-state index in [1.165, 1.54) is 5.56 Å². The Kier molecular flexibility index (Phi) is 6.66. The third-order valence-corrected chi connectivity index (χ3v) is 5.12. The Bertz CT molecular complexity index is 1030. The molecule has 0 saturated heterocycles. The molecule has 150 valence electrons. The van der Waals surface area contributed by atoms with Crippen LogP contribution in [0.25, 0.3) is 21.7 Å². The van der Waals surface area contributed by atoms with Crippen LogP contribution in [-0.4, -0.2) is 28.4 Å². The monoisotopic (exact) mass is 388 g/mol. The van der Waals surface area contributed by atoms with Crippen molar-refractivity contribution in [2.45, 2.75) is 46.5 Å². The molecule has 0 bridgehead atoms. The van der Waals surface area contributed by atoms with Crippen molar-refractivity contribution in [2.24, 2.45) is 0 Å². The van der Waals surface area contributed by atoms with Crippen LogP contribution in [0.2, 0.25) is 0 Å². The van der Waals surface area contributed by atoms with Crippen LogP contribution in [0.1, 0.15) is 43.7 Å². The fraction of sp³-hybridized carbons (Fsp3) is 0.375. The number of benzene rings is 1. The smallest absolute Gasteiger partial charge is 0.225 e. The van der Waals surface area contributed by atoms with E-state index >= 15 is 0 Å². The molecule has 0 spiro atoms. The van der Waals surface area contributed by atoms with E-state index < -0.39 is 0 Å². The Morgan fingerprint density at radius 1 is 1.07 bits per heavy atom. The number of anilines is 1. The lowest BCUT2D eigenvalue weighted by molar-refractivity contribution is -0.116. The summed E-state index contributed by atoms with van der Waals surface area (Å²) in [4.78, 5) is 22.7. The van der Waals surface area contributed by atoms with Gasteiger partial charge in [0, 0.05) is 31.6 Å². The summed E-state index contributed by atoms with van der Waals surface area (Å²) >= 11 is 0. The van der Waals surface area contributed by atoms with Gasteiger partial charge in [-0.3, -0.25) is 14.1 Å². The summed E-state index contributed by atoms with van der Waals surface area (Å²) in [6.07, 6.45) is 5.85. The molecule has 0 aliphatic carbocycles. The third-order valence-electron chi connectivity index (χ3n) is 5.12. The van der Waals surface area contributed by atoms with Gasteiger partial charge in [-0.05, 0) is 44.4 Å². The van der Waals surface area contributed by atoms with Crippen molar-refractivity contribution in [3.63, 3.8) is 0 Å². The number of rotatable bonds is 8. The quantitative estimate of drug-likeness (QED) is 0.380. The molecule has 0 aliphatic rings. The van der Waals surface area contributed by atoms with Crippen LogP contribution in [0.15, 0.2) is 42.6 Å². The zero-order valence-electron chi connectivity index (χ0n) is 17.5. The topological polar surface area (TPSA) is 42.0 Å². The predicted octanol–water partition coefficient (Wildman–Crippen LogP) is 5.45. The molecule has 2 aromatic heterocycles. The summed E-state index contributed by atoms with van der Waals surface area (Å²) in [5.41, 5.74) is 5.02. The first-order valence-corrected chi connectivity index (χ1v) is 10.2. The van der Waals surface area contributed by atoms with E-state index in [1.807, 2.05) is 34.6 Å². The maximum Gasteiger partial charge on any atom is 0.225 e. The molecule has 5 nitrogen and oxygen atoms in total. The number of hydrogen-bond donors (Lipinski definition) is 0. The number of amides is 1. The summed E-state index contributed by atoms with van der Waals surface area (Å²) in [5.74, 6) is 0.847. The van der Waals surface area contributed by atoms with Crippen LogP contribution >= 0.6 is 0 Å². The first-order valence-electron chi connectivity index (χ1n) is 10.2. The number of aryl methyl sites for hydroxylation is 2. The Hall–Kier alpha value is -3.13. The number of aromatic nitrogens is 2. The molecule has 1 aromatic carbocycles. The highest BCUT2D eigenvalue weighted by atomic mass is 16.2. The van der Waals surface area contributed by atoms with Crippen LogP contribution in [0.5, 0.6) is 0 Å². The van der Waals surface area contributed by atoms with E-state index in [9.17, 15) is 4.79 Å². The highest BCUT2D eigenvalue weighted by molar-refractivity contribution is 5.95. The zero-order chi connectivity index (χ0) is 20.8. The molecule has 0 saturated carbocycles. The molecule has 0 aliphatic heterocycles. The second-order valence-corrected chi connectivity index (χ2v) is 7.55.